The number of nitrogens with two attached hydrogens (primary N) is 1. The smallest absolute Gasteiger partial charge is 0.142 e. The highest BCUT2D eigenvalue weighted by Gasteiger charge is 2.17. The van der Waals surface area contributed by atoms with Crippen LogP contribution in [-0.4, -0.2) is 12.1 Å². The molecular weight excluding hydrogens is 238 g/mol. The molecule has 1 aromatic heterocycles. The van der Waals surface area contributed by atoms with Crippen molar-refractivity contribution < 1.29 is 4.74 Å². The summed E-state index contributed by atoms with van der Waals surface area (Å²) in [5, 5.41) is 0. The maximum absolute atomic E-state index is 5.72. The molecule has 0 radical (unpaired) electrons. The minimum absolute atomic E-state index is 0.114. The van der Waals surface area contributed by atoms with Crippen LogP contribution >= 0.6 is 0 Å². The van der Waals surface area contributed by atoms with Gasteiger partial charge in [-0.25, -0.2) is 5.43 Å². The zero-order chi connectivity index (χ0) is 13.8. The second-order valence-electron chi connectivity index (χ2n) is 4.56. The van der Waals surface area contributed by atoms with E-state index in [0.717, 1.165) is 16.9 Å². The van der Waals surface area contributed by atoms with Crippen LogP contribution in [0.25, 0.3) is 0 Å². The average Bonchev–Trinajstić information content (AvgIpc) is 2.44. The lowest BCUT2D eigenvalue weighted by Crippen LogP contribution is -2.29. The van der Waals surface area contributed by atoms with Crippen LogP contribution in [0, 0.1) is 13.8 Å². The van der Waals surface area contributed by atoms with Crippen LogP contribution in [0.5, 0.6) is 5.75 Å². The van der Waals surface area contributed by atoms with Crippen molar-refractivity contribution in [1.29, 1.82) is 0 Å². The summed E-state index contributed by atoms with van der Waals surface area (Å²) in [5.41, 5.74) is 7.44. The molecule has 1 aromatic carbocycles. The topological polar surface area (TPSA) is 60.2 Å². The summed E-state index contributed by atoms with van der Waals surface area (Å²) in [6.07, 6.45) is 3.43. The first-order valence-corrected chi connectivity index (χ1v) is 6.18. The monoisotopic (exact) mass is 257 g/mol. The number of hydrogen-bond acceptors (Lipinski definition) is 4. The van der Waals surface area contributed by atoms with E-state index in [1.165, 1.54) is 11.1 Å². The predicted molar refractivity (Wildman–Crippen MR) is 75.9 cm³/mol. The second kappa shape index (κ2) is 5.82. The third kappa shape index (κ3) is 2.75. The van der Waals surface area contributed by atoms with Gasteiger partial charge in [0.25, 0.3) is 0 Å². The third-order valence-corrected chi connectivity index (χ3v) is 3.38. The van der Waals surface area contributed by atoms with E-state index in [2.05, 4.69) is 42.5 Å². The third-order valence-electron chi connectivity index (χ3n) is 3.38. The SMILES string of the molecule is COc1cnccc1C(NN)c1ccc(C)c(C)c1. The highest BCUT2D eigenvalue weighted by atomic mass is 16.5. The Kier molecular flexibility index (Phi) is 4.14. The molecule has 3 N–H and O–H groups in total. The number of aromatic nitrogens is 1. The molecular formula is C15H19N3O. The van der Waals surface area contributed by atoms with Gasteiger partial charge in [-0.05, 0) is 36.6 Å². The molecule has 0 spiro atoms. The normalized spacial score (nSPS) is 12.2. The molecule has 19 heavy (non-hydrogen) atoms. The van der Waals surface area contributed by atoms with Crippen molar-refractivity contribution in [2.75, 3.05) is 7.11 Å². The highest BCUT2D eigenvalue weighted by Crippen LogP contribution is 2.29. The first-order chi connectivity index (χ1) is 9.17. The largest absolute Gasteiger partial charge is 0.495 e. The number of pyridine rings is 1. The average molecular weight is 257 g/mol. The lowest BCUT2D eigenvalue weighted by molar-refractivity contribution is 0.402. The van der Waals surface area contributed by atoms with Gasteiger partial charge in [0.15, 0.2) is 0 Å². The molecule has 0 fully saturated rings. The summed E-state index contributed by atoms with van der Waals surface area (Å²) in [5.74, 6) is 6.45. The van der Waals surface area contributed by atoms with Gasteiger partial charge in [-0.1, -0.05) is 18.2 Å². The molecule has 0 amide bonds. The van der Waals surface area contributed by atoms with Crippen LogP contribution in [-0.2, 0) is 0 Å². The van der Waals surface area contributed by atoms with E-state index in [9.17, 15) is 0 Å². The quantitative estimate of drug-likeness (QED) is 0.651. The van der Waals surface area contributed by atoms with E-state index >= 15 is 0 Å². The van der Waals surface area contributed by atoms with Crippen LogP contribution in [0.15, 0.2) is 36.7 Å². The molecule has 0 saturated carbocycles. The molecule has 0 aliphatic rings. The van der Waals surface area contributed by atoms with E-state index in [1.54, 1.807) is 19.5 Å². The fourth-order valence-electron chi connectivity index (χ4n) is 2.11. The number of benzene rings is 1. The molecule has 4 heteroatoms. The number of aryl methyl sites for hydroxylation is 2. The summed E-state index contributed by atoms with van der Waals surface area (Å²) >= 11 is 0. The Morgan fingerprint density at radius 2 is 2.00 bits per heavy atom. The lowest BCUT2D eigenvalue weighted by Gasteiger charge is -2.20. The van der Waals surface area contributed by atoms with Crippen LogP contribution < -0.4 is 16.0 Å². The van der Waals surface area contributed by atoms with Crippen molar-refractivity contribution in [2.45, 2.75) is 19.9 Å². The maximum Gasteiger partial charge on any atom is 0.142 e. The fraction of sp³-hybridized carbons (Fsp3) is 0.267. The first kappa shape index (κ1) is 13.5. The number of nitrogens with one attached hydrogen (secondary N) is 1. The fourth-order valence-corrected chi connectivity index (χ4v) is 2.11. The Labute approximate surface area is 113 Å². The number of ether oxygens (including phenoxy) is 1. The molecule has 0 bridgehead atoms. The predicted octanol–water partition coefficient (Wildman–Crippen LogP) is 2.26. The zero-order valence-electron chi connectivity index (χ0n) is 11.5. The molecule has 1 atom stereocenters. The first-order valence-electron chi connectivity index (χ1n) is 6.18. The van der Waals surface area contributed by atoms with Gasteiger partial charge in [0.2, 0.25) is 0 Å². The Hall–Kier alpha value is -1.91. The van der Waals surface area contributed by atoms with Crippen LogP contribution in [0.2, 0.25) is 0 Å². The van der Waals surface area contributed by atoms with Gasteiger partial charge < -0.3 is 4.74 Å². The van der Waals surface area contributed by atoms with E-state index in [-0.39, 0.29) is 6.04 Å². The number of methoxy groups -OCH3 is 1. The minimum atomic E-state index is -0.114. The summed E-state index contributed by atoms with van der Waals surface area (Å²) < 4.78 is 5.35. The molecule has 0 aliphatic heterocycles. The van der Waals surface area contributed by atoms with Crippen molar-refractivity contribution in [2.24, 2.45) is 5.84 Å². The van der Waals surface area contributed by atoms with Crippen LogP contribution in [0.4, 0.5) is 0 Å². The van der Waals surface area contributed by atoms with E-state index < -0.39 is 0 Å². The Balaban J connectivity index is 2.46. The molecule has 2 rings (SSSR count). The summed E-state index contributed by atoms with van der Waals surface area (Å²) in [6.45, 7) is 4.19. The minimum Gasteiger partial charge on any atom is -0.495 e. The Morgan fingerprint density at radius 1 is 1.21 bits per heavy atom. The molecule has 2 aromatic rings. The summed E-state index contributed by atoms with van der Waals surface area (Å²) in [6, 6.07) is 8.12. The molecule has 100 valence electrons. The van der Waals surface area contributed by atoms with Gasteiger partial charge in [-0.15, -0.1) is 0 Å². The lowest BCUT2D eigenvalue weighted by atomic mass is 9.96. The number of hydrogen-bond donors (Lipinski definition) is 2. The maximum atomic E-state index is 5.72. The second-order valence-corrected chi connectivity index (χ2v) is 4.56. The highest BCUT2D eigenvalue weighted by molar-refractivity contribution is 5.41. The molecule has 0 saturated heterocycles. The molecule has 0 aliphatic carbocycles. The van der Waals surface area contributed by atoms with E-state index in [1.807, 2.05) is 6.07 Å². The van der Waals surface area contributed by atoms with Crippen LogP contribution in [0.1, 0.15) is 28.3 Å². The molecule has 1 unspecified atom stereocenters. The van der Waals surface area contributed by atoms with E-state index in [4.69, 9.17) is 10.6 Å². The van der Waals surface area contributed by atoms with Gasteiger partial charge in [-0.2, -0.15) is 0 Å². The van der Waals surface area contributed by atoms with Gasteiger partial charge >= 0.3 is 0 Å². The van der Waals surface area contributed by atoms with Crippen molar-refractivity contribution in [3.05, 3.63) is 58.9 Å². The van der Waals surface area contributed by atoms with Crippen molar-refractivity contribution in [1.82, 2.24) is 10.4 Å². The summed E-state index contributed by atoms with van der Waals surface area (Å²) in [4.78, 5) is 4.06. The number of rotatable bonds is 4. The van der Waals surface area contributed by atoms with Crippen molar-refractivity contribution in [3.63, 3.8) is 0 Å². The summed E-state index contributed by atoms with van der Waals surface area (Å²) in [7, 11) is 1.63. The zero-order valence-corrected chi connectivity index (χ0v) is 11.5. The van der Waals surface area contributed by atoms with Crippen LogP contribution in [0.3, 0.4) is 0 Å². The van der Waals surface area contributed by atoms with Gasteiger partial charge in [-0.3, -0.25) is 10.8 Å². The van der Waals surface area contributed by atoms with Gasteiger partial charge in [0, 0.05) is 11.8 Å². The van der Waals surface area contributed by atoms with Crippen molar-refractivity contribution in [3.8, 4) is 5.75 Å². The van der Waals surface area contributed by atoms with Gasteiger partial charge in [0.1, 0.15) is 5.75 Å². The Morgan fingerprint density at radius 3 is 2.63 bits per heavy atom. The molecule has 4 nitrogen and oxygen atoms in total. The number of nitrogens with zero attached hydrogens (tertiary/aromatic N) is 1. The van der Waals surface area contributed by atoms with Gasteiger partial charge in [0.05, 0.1) is 19.3 Å². The number of hydrazine groups is 1. The van der Waals surface area contributed by atoms with E-state index in [0.29, 0.717) is 0 Å². The van der Waals surface area contributed by atoms with Crippen molar-refractivity contribution >= 4 is 0 Å². The standard InChI is InChI=1S/C15H19N3O/c1-10-4-5-12(8-11(10)2)15(18-16)13-6-7-17-9-14(13)19-3/h4-9,15,18H,16H2,1-3H3. The molecule has 1 heterocycles. The Bertz CT molecular complexity index is 569.